The largest absolute Gasteiger partial charge is 0.339 e. The highest BCUT2D eigenvalue weighted by Crippen LogP contribution is 2.39. The molecule has 3 rings (SSSR count). The summed E-state index contributed by atoms with van der Waals surface area (Å²) in [6, 6.07) is -0.0313. The molecule has 0 amide bonds. The van der Waals surface area contributed by atoms with Crippen molar-refractivity contribution in [1.29, 1.82) is 0 Å². The fourth-order valence-electron chi connectivity index (χ4n) is 1.93. The molecule has 2 atom stereocenters. The van der Waals surface area contributed by atoms with Gasteiger partial charge in [-0.05, 0) is 36.7 Å². The maximum Gasteiger partial charge on any atom is 0.229 e. The summed E-state index contributed by atoms with van der Waals surface area (Å²) < 4.78 is 5.22. The summed E-state index contributed by atoms with van der Waals surface area (Å²) in [6.45, 7) is 0. The highest BCUT2D eigenvalue weighted by Gasteiger charge is 2.32. The van der Waals surface area contributed by atoms with Gasteiger partial charge in [-0.3, -0.25) is 0 Å². The zero-order chi connectivity index (χ0) is 10.3. The van der Waals surface area contributed by atoms with Crippen LogP contribution < -0.4 is 5.73 Å². The first kappa shape index (κ1) is 9.66. The second kappa shape index (κ2) is 3.79. The summed E-state index contributed by atoms with van der Waals surface area (Å²) in [4.78, 5) is 4.40. The summed E-state index contributed by atoms with van der Waals surface area (Å²) in [5.41, 5.74) is 6.14. The fourth-order valence-corrected chi connectivity index (χ4v) is 3.24. The molecule has 2 N–H and O–H groups in total. The zero-order valence-electron chi connectivity index (χ0n) is 8.56. The lowest BCUT2D eigenvalue weighted by atomic mass is 10.00. The van der Waals surface area contributed by atoms with E-state index in [0.29, 0.717) is 17.7 Å². The smallest absolute Gasteiger partial charge is 0.229 e. The molecule has 0 radical (unpaired) electrons. The number of hydrogen-bond acceptors (Lipinski definition) is 5. The fraction of sp³-hybridized carbons (Fsp3) is 0.800. The third-order valence-electron chi connectivity index (χ3n) is 3.15. The first-order chi connectivity index (χ1) is 7.34. The molecular weight excluding hydrogens is 210 g/mol. The van der Waals surface area contributed by atoms with Crippen LogP contribution in [0.5, 0.6) is 0 Å². The lowest BCUT2D eigenvalue weighted by Gasteiger charge is -2.13. The maximum absolute atomic E-state index is 6.14. The molecule has 1 aromatic rings. The van der Waals surface area contributed by atoms with Crippen molar-refractivity contribution in [3.63, 3.8) is 0 Å². The number of aromatic nitrogens is 2. The summed E-state index contributed by atoms with van der Waals surface area (Å²) >= 11 is 1.96. The van der Waals surface area contributed by atoms with Crippen molar-refractivity contribution < 1.29 is 4.52 Å². The van der Waals surface area contributed by atoms with Gasteiger partial charge in [-0.25, -0.2) is 0 Å². The summed E-state index contributed by atoms with van der Waals surface area (Å²) in [7, 11) is 0. The van der Waals surface area contributed by atoms with Crippen LogP contribution >= 0.6 is 11.8 Å². The van der Waals surface area contributed by atoms with Crippen molar-refractivity contribution in [1.82, 2.24) is 10.1 Å². The van der Waals surface area contributed by atoms with Crippen LogP contribution in [-0.2, 0) is 0 Å². The number of hydrogen-bond donors (Lipinski definition) is 1. The average molecular weight is 225 g/mol. The number of nitrogens with zero attached hydrogens (tertiary/aromatic N) is 2. The monoisotopic (exact) mass is 225 g/mol. The van der Waals surface area contributed by atoms with E-state index < -0.39 is 0 Å². The maximum atomic E-state index is 6.14. The van der Waals surface area contributed by atoms with Gasteiger partial charge in [0.15, 0.2) is 5.82 Å². The molecule has 2 heterocycles. The standard InChI is InChI=1S/C10H15N3OS/c11-8(7-3-4-15-5-7)9-12-10(14-13-9)6-1-2-6/h6-8H,1-5,11H2. The Hall–Kier alpha value is -0.550. The normalized spacial score (nSPS) is 28.2. The van der Waals surface area contributed by atoms with Gasteiger partial charge in [-0.2, -0.15) is 16.7 Å². The second-order valence-corrected chi connectivity index (χ2v) is 5.56. The van der Waals surface area contributed by atoms with Crippen molar-refractivity contribution in [2.75, 3.05) is 11.5 Å². The van der Waals surface area contributed by atoms with Crippen molar-refractivity contribution in [3.05, 3.63) is 11.7 Å². The third kappa shape index (κ3) is 1.90. The van der Waals surface area contributed by atoms with Gasteiger partial charge >= 0.3 is 0 Å². The molecule has 2 fully saturated rings. The van der Waals surface area contributed by atoms with Crippen LogP contribution in [0.15, 0.2) is 4.52 Å². The molecule has 1 aliphatic carbocycles. The van der Waals surface area contributed by atoms with Crippen LogP contribution in [0.3, 0.4) is 0 Å². The van der Waals surface area contributed by atoms with Gasteiger partial charge in [0.2, 0.25) is 5.89 Å². The molecule has 1 aromatic heterocycles. The number of nitrogens with two attached hydrogens (primary N) is 1. The lowest BCUT2D eigenvalue weighted by Crippen LogP contribution is -2.22. The Bertz CT molecular complexity index is 344. The van der Waals surface area contributed by atoms with E-state index in [4.69, 9.17) is 10.3 Å². The minimum atomic E-state index is -0.0313. The molecule has 0 spiro atoms. The molecule has 0 aromatic carbocycles. The molecule has 15 heavy (non-hydrogen) atoms. The summed E-state index contributed by atoms with van der Waals surface area (Å²) in [5, 5.41) is 4.00. The Morgan fingerprint density at radius 1 is 1.40 bits per heavy atom. The molecule has 1 aliphatic heterocycles. The zero-order valence-corrected chi connectivity index (χ0v) is 9.37. The first-order valence-corrected chi connectivity index (χ1v) is 6.67. The highest BCUT2D eigenvalue weighted by atomic mass is 32.2. The van der Waals surface area contributed by atoms with E-state index in [1.54, 1.807) is 0 Å². The van der Waals surface area contributed by atoms with E-state index in [-0.39, 0.29) is 6.04 Å². The molecule has 4 nitrogen and oxygen atoms in total. The second-order valence-electron chi connectivity index (χ2n) is 4.41. The van der Waals surface area contributed by atoms with Crippen molar-refractivity contribution in [3.8, 4) is 0 Å². The van der Waals surface area contributed by atoms with Gasteiger partial charge in [0, 0.05) is 5.92 Å². The van der Waals surface area contributed by atoms with Gasteiger partial charge in [0.1, 0.15) is 0 Å². The minimum absolute atomic E-state index is 0.0313. The minimum Gasteiger partial charge on any atom is -0.339 e. The Morgan fingerprint density at radius 3 is 2.93 bits per heavy atom. The van der Waals surface area contributed by atoms with E-state index in [2.05, 4.69) is 10.1 Å². The SMILES string of the molecule is NC(c1noc(C2CC2)n1)C1CCSC1. The topological polar surface area (TPSA) is 64.9 Å². The molecule has 2 aliphatic rings. The van der Waals surface area contributed by atoms with Crippen LogP contribution in [0.4, 0.5) is 0 Å². The third-order valence-corrected chi connectivity index (χ3v) is 4.34. The summed E-state index contributed by atoms with van der Waals surface area (Å²) in [5.74, 6) is 4.91. The Balaban J connectivity index is 1.72. The van der Waals surface area contributed by atoms with E-state index in [1.165, 1.54) is 25.0 Å². The predicted molar refractivity (Wildman–Crippen MR) is 58.6 cm³/mol. The molecule has 82 valence electrons. The van der Waals surface area contributed by atoms with Gasteiger partial charge in [0.25, 0.3) is 0 Å². The molecular formula is C10H15N3OS. The van der Waals surface area contributed by atoms with E-state index >= 15 is 0 Å². The van der Waals surface area contributed by atoms with E-state index in [1.807, 2.05) is 11.8 Å². The summed E-state index contributed by atoms with van der Waals surface area (Å²) in [6.07, 6.45) is 3.56. The van der Waals surface area contributed by atoms with Crippen LogP contribution in [0.1, 0.15) is 42.9 Å². The van der Waals surface area contributed by atoms with Gasteiger partial charge in [0.05, 0.1) is 6.04 Å². The van der Waals surface area contributed by atoms with Crippen molar-refractivity contribution in [2.24, 2.45) is 11.7 Å². The molecule has 2 unspecified atom stereocenters. The van der Waals surface area contributed by atoms with Crippen LogP contribution in [0.25, 0.3) is 0 Å². The molecule has 0 bridgehead atoms. The van der Waals surface area contributed by atoms with Crippen LogP contribution in [0.2, 0.25) is 0 Å². The van der Waals surface area contributed by atoms with Crippen LogP contribution in [-0.4, -0.2) is 21.6 Å². The van der Waals surface area contributed by atoms with E-state index in [0.717, 1.165) is 11.6 Å². The molecule has 1 saturated heterocycles. The Labute approximate surface area is 93.0 Å². The quantitative estimate of drug-likeness (QED) is 0.848. The van der Waals surface area contributed by atoms with Gasteiger partial charge in [-0.15, -0.1) is 0 Å². The predicted octanol–water partition coefficient (Wildman–Crippen LogP) is 1.70. The van der Waals surface area contributed by atoms with Crippen LogP contribution in [0, 0.1) is 5.92 Å². The van der Waals surface area contributed by atoms with Gasteiger partial charge < -0.3 is 10.3 Å². The van der Waals surface area contributed by atoms with Crippen molar-refractivity contribution >= 4 is 11.8 Å². The van der Waals surface area contributed by atoms with Gasteiger partial charge in [-0.1, -0.05) is 5.16 Å². The highest BCUT2D eigenvalue weighted by molar-refractivity contribution is 7.99. The molecule has 1 saturated carbocycles. The number of thioether (sulfide) groups is 1. The number of rotatable bonds is 3. The van der Waals surface area contributed by atoms with Crippen molar-refractivity contribution in [2.45, 2.75) is 31.2 Å². The average Bonchev–Trinajstić information content (AvgIpc) is 2.83. The lowest BCUT2D eigenvalue weighted by molar-refractivity contribution is 0.361. The van der Waals surface area contributed by atoms with E-state index in [9.17, 15) is 0 Å². The first-order valence-electron chi connectivity index (χ1n) is 5.51. The Morgan fingerprint density at radius 2 is 2.27 bits per heavy atom. The molecule has 5 heteroatoms. The Kier molecular flexibility index (Phi) is 2.44.